The largest absolute Gasteiger partial charge is 0.397 e. The van der Waals surface area contributed by atoms with Crippen LogP contribution in [0.4, 0.5) is 5.69 Å². The number of alkyl halides is 1. The molecule has 0 bridgehead atoms. The lowest BCUT2D eigenvalue weighted by Crippen LogP contribution is -1.92. The zero-order valence-electron chi connectivity index (χ0n) is 6.30. The highest BCUT2D eigenvalue weighted by Crippen LogP contribution is 2.14. The maximum absolute atomic E-state index is 5.68. The third-order valence-electron chi connectivity index (χ3n) is 1.29. The number of halogens is 2. The number of anilines is 1. The van der Waals surface area contributed by atoms with Crippen LogP contribution in [-0.2, 0) is 0 Å². The van der Waals surface area contributed by atoms with E-state index >= 15 is 0 Å². The second-order valence-electron chi connectivity index (χ2n) is 2.17. The van der Waals surface area contributed by atoms with Crippen LogP contribution in [-0.4, -0.2) is 10.3 Å². The fourth-order valence-corrected chi connectivity index (χ4v) is 1.09. The van der Waals surface area contributed by atoms with Gasteiger partial charge in [0, 0.05) is 5.33 Å². The highest BCUT2D eigenvalue weighted by molar-refractivity contribution is 9.09. The summed E-state index contributed by atoms with van der Waals surface area (Å²) >= 11 is 8.95. The molecule has 1 aromatic rings. The van der Waals surface area contributed by atoms with Crippen LogP contribution in [0.1, 0.15) is 5.69 Å². The zero-order valence-corrected chi connectivity index (χ0v) is 8.64. The number of pyridine rings is 1. The standard InChI is InChI=1S/C8H8BrClN2/c9-5-1-2-7-6(11)3-4-8(10)12-7/h1-4H,5,11H2. The number of nitrogens with two attached hydrogens (primary N) is 1. The quantitative estimate of drug-likeness (QED) is 0.645. The summed E-state index contributed by atoms with van der Waals surface area (Å²) in [7, 11) is 0. The van der Waals surface area contributed by atoms with Crippen molar-refractivity contribution in [3.63, 3.8) is 0 Å². The summed E-state index contributed by atoms with van der Waals surface area (Å²) in [6.45, 7) is 0. The minimum atomic E-state index is 0.457. The molecule has 0 aromatic carbocycles. The van der Waals surface area contributed by atoms with E-state index in [0.29, 0.717) is 16.5 Å². The summed E-state index contributed by atoms with van der Waals surface area (Å²) < 4.78 is 0. The second kappa shape index (κ2) is 4.48. The lowest BCUT2D eigenvalue weighted by Gasteiger charge is -1.98. The second-order valence-corrected chi connectivity index (χ2v) is 3.20. The van der Waals surface area contributed by atoms with Gasteiger partial charge in [-0.05, 0) is 18.2 Å². The van der Waals surface area contributed by atoms with Crippen LogP contribution < -0.4 is 5.73 Å². The Kier molecular flexibility index (Phi) is 3.56. The van der Waals surface area contributed by atoms with E-state index in [1.807, 2.05) is 12.2 Å². The van der Waals surface area contributed by atoms with Crippen molar-refractivity contribution in [1.82, 2.24) is 4.98 Å². The fourth-order valence-electron chi connectivity index (χ4n) is 0.750. The molecule has 1 rings (SSSR count). The molecule has 0 aliphatic heterocycles. The average molecular weight is 248 g/mol. The highest BCUT2D eigenvalue weighted by Gasteiger charge is 1.96. The molecule has 0 radical (unpaired) electrons. The molecule has 0 spiro atoms. The fraction of sp³-hybridized carbons (Fsp3) is 0.125. The molecule has 12 heavy (non-hydrogen) atoms. The summed E-state index contributed by atoms with van der Waals surface area (Å²) in [6, 6.07) is 3.41. The van der Waals surface area contributed by atoms with Crippen LogP contribution in [0, 0.1) is 0 Å². The SMILES string of the molecule is Nc1ccc(Cl)nc1C=CCBr. The van der Waals surface area contributed by atoms with Crippen molar-refractivity contribution >= 4 is 39.3 Å². The molecule has 0 saturated carbocycles. The van der Waals surface area contributed by atoms with E-state index in [9.17, 15) is 0 Å². The van der Waals surface area contributed by atoms with Crippen molar-refractivity contribution in [1.29, 1.82) is 0 Å². The van der Waals surface area contributed by atoms with Gasteiger partial charge in [0.2, 0.25) is 0 Å². The van der Waals surface area contributed by atoms with Crippen LogP contribution in [0.3, 0.4) is 0 Å². The Labute approximate surface area is 84.6 Å². The van der Waals surface area contributed by atoms with Gasteiger partial charge in [0.1, 0.15) is 5.15 Å². The molecule has 64 valence electrons. The summed E-state index contributed by atoms with van der Waals surface area (Å²) in [5.74, 6) is 0. The number of rotatable bonds is 2. The van der Waals surface area contributed by atoms with E-state index in [0.717, 1.165) is 5.33 Å². The van der Waals surface area contributed by atoms with Crippen molar-refractivity contribution in [2.45, 2.75) is 0 Å². The van der Waals surface area contributed by atoms with Crippen LogP contribution >= 0.6 is 27.5 Å². The first-order valence-electron chi connectivity index (χ1n) is 3.38. The Hall–Kier alpha value is -0.540. The van der Waals surface area contributed by atoms with Gasteiger partial charge in [0.25, 0.3) is 0 Å². The predicted octanol–water partition coefficient (Wildman–Crippen LogP) is 2.73. The van der Waals surface area contributed by atoms with Gasteiger partial charge in [0.15, 0.2) is 0 Å². The van der Waals surface area contributed by atoms with E-state index in [-0.39, 0.29) is 0 Å². The van der Waals surface area contributed by atoms with Crippen LogP contribution in [0.5, 0.6) is 0 Å². The van der Waals surface area contributed by atoms with E-state index < -0.39 is 0 Å². The lowest BCUT2D eigenvalue weighted by molar-refractivity contribution is 1.30. The van der Waals surface area contributed by atoms with Gasteiger partial charge in [0.05, 0.1) is 11.4 Å². The Balaban J connectivity index is 2.97. The Morgan fingerprint density at radius 2 is 2.33 bits per heavy atom. The van der Waals surface area contributed by atoms with Gasteiger partial charge in [-0.3, -0.25) is 0 Å². The first kappa shape index (κ1) is 9.55. The van der Waals surface area contributed by atoms with Gasteiger partial charge in [-0.2, -0.15) is 0 Å². The van der Waals surface area contributed by atoms with Crippen molar-refractivity contribution in [3.8, 4) is 0 Å². The molecule has 0 aliphatic rings. The maximum Gasteiger partial charge on any atom is 0.129 e. The van der Waals surface area contributed by atoms with Crippen molar-refractivity contribution < 1.29 is 0 Å². The maximum atomic E-state index is 5.68. The number of nitrogen functional groups attached to an aromatic ring is 1. The molecule has 0 atom stereocenters. The van der Waals surface area contributed by atoms with Crippen molar-refractivity contribution in [2.24, 2.45) is 0 Å². The van der Waals surface area contributed by atoms with Crippen LogP contribution in [0.25, 0.3) is 6.08 Å². The number of hydrogen-bond acceptors (Lipinski definition) is 2. The number of aromatic nitrogens is 1. The predicted molar refractivity (Wildman–Crippen MR) is 56.5 cm³/mol. The molecule has 0 fully saturated rings. The van der Waals surface area contributed by atoms with Gasteiger partial charge >= 0.3 is 0 Å². The third kappa shape index (κ3) is 2.50. The molecule has 0 aliphatic carbocycles. The Morgan fingerprint density at radius 3 is 3.00 bits per heavy atom. The Bertz CT molecular complexity index is 299. The molecular weight excluding hydrogens is 239 g/mol. The summed E-state index contributed by atoms with van der Waals surface area (Å²) in [6.07, 6.45) is 3.74. The summed E-state index contributed by atoms with van der Waals surface area (Å²) in [5.41, 5.74) is 6.99. The molecule has 0 amide bonds. The highest BCUT2D eigenvalue weighted by atomic mass is 79.9. The van der Waals surface area contributed by atoms with Crippen molar-refractivity contribution in [2.75, 3.05) is 11.1 Å². The molecule has 4 heteroatoms. The molecular formula is C8H8BrClN2. The van der Waals surface area contributed by atoms with E-state index in [1.165, 1.54) is 0 Å². The van der Waals surface area contributed by atoms with Crippen LogP contribution in [0.2, 0.25) is 5.15 Å². The molecule has 0 saturated heterocycles. The molecule has 2 nitrogen and oxygen atoms in total. The van der Waals surface area contributed by atoms with Gasteiger partial charge in [-0.1, -0.05) is 33.6 Å². The normalized spacial score (nSPS) is 10.8. The minimum absolute atomic E-state index is 0.457. The molecule has 1 heterocycles. The number of hydrogen-bond donors (Lipinski definition) is 1. The van der Waals surface area contributed by atoms with Crippen LogP contribution in [0.15, 0.2) is 18.2 Å². The van der Waals surface area contributed by atoms with Gasteiger partial charge < -0.3 is 5.73 Å². The first-order valence-corrected chi connectivity index (χ1v) is 4.88. The van der Waals surface area contributed by atoms with E-state index in [1.54, 1.807) is 12.1 Å². The van der Waals surface area contributed by atoms with E-state index in [2.05, 4.69) is 20.9 Å². The van der Waals surface area contributed by atoms with E-state index in [4.69, 9.17) is 17.3 Å². The number of nitrogens with zero attached hydrogens (tertiary/aromatic N) is 1. The smallest absolute Gasteiger partial charge is 0.129 e. The molecule has 0 unspecified atom stereocenters. The summed E-state index contributed by atoms with van der Waals surface area (Å²) in [5, 5.41) is 1.24. The lowest BCUT2D eigenvalue weighted by atomic mass is 10.3. The first-order chi connectivity index (χ1) is 5.74. The average Bonchev–Trinajstić information content (AvgIpc) is 2.07. The molecule has 2 N–H and O–H groups in total. The third-order valence-corrected chi connectivity index (χ3v) is 1.87. The van der Waals surface area contributed by atoms with Gasteiger partial charge in [-0.15, -0.1) is 0 Å². The Morgan fingerprint density at radius 1 is 1.58 bits per heavy atom. The summed E-state index contributed by atoms with van der Waals surface area (Å²) in [4.78, 5) is 4.04. The topological polar surface area (TPSA) is 38.9 Å². The zero-order chi connectivity index (χ0) is 8.97. The minimum Gasteiger partial charge on any atom is -0.397 e. The molecule has 1 aromatic heterocycles. The van der Waals surface area contributed by atoms with Crippen molar-refractivity contribution in [3.05, 3.63) is 29.1 Å². The monoisotopic (exact) mass is 246 g/mol. The number of allylic oxidation sites excluding steroid dienone is 1. The van der Waals surface area contributed by atoms with Gasteiger partial charge in [-0.25, -0.2) is 4.98 Å².